The smallest absolute Gasteiger partial charge is 0.302 e. The van der Waals surface area contributed by atoms with Crippen LogP contribution in [0.1, 0.15) is 12.5 Å². The van der Waals surface area contributed by atoms with Gasteiger partial charge in [0.15, 0.2) is 10.8 Å². The zero-order valence-corrected chi connectivity index (χ0v) is 13.7. The van der Waals surface area contributed by atoms with Crippen molar-refractivity contribution in [3.63, 3.8) is 0 Å². The van der Waals surface area contributed by atoms with Crippen LogP contribution in [0.3, 0.4) is 0 Å². The van der Waals surface area contributed by atoms with Gasteiger partial charge in [-0.2, -0.15) is 9.97 Å². The molecule has 0 aliphatic carbocycles. The van der Waals surface area contributed by atoms with Crippen molar-refractivity contribution in [3.8, 4) is 0 Å². The molecule has 0 saturated carbocycles. The van der Waals surface area contributed by atoms with E-state index in [0.29, 0.717) is 23.5 Å². The average molecular weight is 346 g/mol. The van der Waals surface area contributed by atoms with Crippen LogP contribution in [-0.4, -0.2) is 38.6 Å². The lowest BCUT2D eigenvalue weighted by molar-refractivity contribution is -0.141. The number of aromatic nitrogens is 4. The second-order valence-corrected chi connectivity index (χ2v) is 5.63. The van der Waals surface area contributed by atoms with E-state index in [-0.39, 0.29) is 23.8 Å². The summed E-state index contributed by atoms with van der Waals surface area (Å²) in [6.45, 7) is 1.58. The molecule has 24 heavy (non-hydrogen) atoms. The number of ether oxygens (including phenoxy) is 1. The number of rotatable bonds is 6. The number of benzene rings is 1. The number of nitrogens with one attached hydrogen (secondary N) is 2. The molecular weight excluding hydrogens is 330 g/mol. The molecule has 124 valence electrons. The topological polar surface area (TPSA) is 92.8 Å². The van der Waals surface area contributed by atoms with Crippen molar-refractivity contribution in [1.82, 2.24) is 19.9 Å². The highest BCUT2D eigenvalue weighted by Gasteiger charge is 2.15. The molecule has 2 heterocycles. The van der Waals surface area contributed by atoms with Gasteiger partial charge in [-0.25, -0.2) is 4.98 Å². The summed E-state index contributed by atoms with van der Waals surface area (Å²) >= 11 is 6.13. The quantitative estimate of drug-likeness (QED) is 0.527. The van der Waals surface area contributed by atoms with E-state index in [1.807, 2.05) is 30.3 Å². The third kappa shape index (κ3) is 3.99. The number of anilines is 1. The maximum absolute atomic E-state index is 11.1. The molecule has 0 aliphatic rings. The van der Waals surface area contributed by atoms with Crippen LogP contribution in [0, 0.1) is 0 Å². The number of H-pyrrole nitrogens is 1. The van der Waals surface area contributed by atoms with Crippen molar-refractivity contribution >= 4 is 34.7 Å². The van der Waals surface area contributed by atoms with E-state index < -0.39 is 0 Å². The highest BCUT2D eigenvalue weighted by atomic mass is 35.5. The Bertz CT molecular complexity index is 837. The summed E-state index contributed by atoms with van der Waals surface area (Å²) in [6, 6.07) is 9.69. The first-order valence-electron chi connectivity index (χ1n) is 7.42. The third-order valence-electron chi connectivity index (χ3n) is 3.39. The SMILES string of the molecule is CC(=O)OC[C@@H](Cc1ccccc1)Nc1nc(Cl)c2[nH]cnc2n1. The van der Waals surface area contributed by atoms with Gasteiger partial charge in [0, 0.05) is 6.92 Å². The van der Waals surface area contributed by atoms with Crippen molar-refractivity contribution < 1.29 is 9.53 Å². The van der Waals surface area contributed by atoms with E-state index >= 15 is 0 Å². The lowest BCUT2D eigenvalue weighted by atomic mass is 10.1. The van der Waals surface area contributed by atoms with Crippen LogP contribution in [-0.2, 0) is 16.0 Å². The van der Waals surface area contributed by atoms with E-state index in [4.69, 9.17) is 16.3 Å². The van der Waals surface area contributed by atoms with Gasteiger partial charge in [-0.05, 0) is 12.0 Å². The Balaban J connectivity index is 1.79. The minimum absolute atomic E-state index is 0.191. The minimum Gasteiger partial charge on any atom is -0.464 e. The number of aromatic amines is 1. The van der Waals surface area contributed by atoms with Crippen LogP contribution in [0.4, 0.5) is 5.95 Å². The van der Waals surface area contributed by atoms with Crippen LogP contribution in [0.2, 0.25) is 5.15 Å². The third-order valence-corrected chi connectivity index (χ3v) is 3.66. The molecule has 0 saturated heterocycles. The fraction of sp³-hybridized carbons (Fsp3) is 0.250. The number of carbonyl (C=O) groups is 1. The molecule has 0 unspecified atom stereocenters. The molecule has 7 nitrogen and oxygen atoms in total. The Labute approximate surface area is 143 Å². The van der Waals surface area contributed by atoms with E-state index in [1.54, 1.807) is 0 Å². The van der Waals surface area contributed by atoms with Crippen molar-refractivity contribution in [2.45, 2.75) is 19.4 Å². The largest absolute Gasteiger partial charge is 0.464 e. The van der Waals surface area contributed by atoms with Crippen molar-refractivity contribution in [2.24, 2.45) is 0 Å². The van der Waals surface area contributed by atoms with Gasteiger partial charge >= 0.3 is 5.97 Å². The summed E-state index contributed by atoms with van der Waals surface area (Å²) in [5, 5.41) is 3.45. The molecule has 0 radical (unpaired) electrons. The highest BCUT2D eigenvalue weighted by Crippen LogP contribution is 2.19. The van der Waals surface area contributed by atoms with E-state index in [1.165, 1.54) is 13.3 Å². The fourth-order valence-electron chi connectivity index (χ4n) is 2.31. The molecule has 0 bridgehead atoms. The molecule has 0 spiro atoms. The summed E-state index contributed by atoms with van der Waals surface area (Å²) < 4.78 is 5.14. The fourth-order valence-corrected chi connectivity index (χ4v) is 2.53. The number of hydrogen-bond donors (Lipinski definition) is 2. The standard InChI is InChI=1S/C16H16ClN5O2/c1-10(23)24-8-12(7-11-5-3-2-4-6-11)20-16-21-14(17)13-15(22-16)19-9-18-13/h2-6,9,12H,7-8H2,1H3,(H2,18,19,20,21,22)/t12-/m1/s1. The number of fused-ring (bicyclic) bond motifs is 1. The van der Waals surface area contributed by atoms with Gasteiger partial charge in [0.2, 0.25) is 5.95 Å². The molecular formula is C16H16ClN5O2. The summed E-state index contributed by atoms with van der Waals surface area (Å²) in [6.07, 6.45) is 2.16. The first-order valence-corrected chi connectivity index (χ1v) is 7.80. The van der Waals surface area contributed by atoms with Crippen molar-refractivity contribution in [3.05, 3.63) is 47.4 Å². The monoisotopic (exact) mass is 345 g/mol. The number of halogens is 1. The molecule has 0 fully saturated rings. The van der Waals surface area contributed by atoms with Crippen LogP contribution in [0.15, 0.2) is 36.7 Å². The first kappa shape index (κ1) is 16.2. The predicted octanol–water partition coefficient (Wildman–Crippen LogP) is 2.59. The van der Waals surface area contributed by atoms with Crippen LogP contribution < -0.4 is 5.32 Å². The minimum atomic E-state index is -0.337. The normalized spacial score (nSPS) is 12.1. The molecule has 8 heteroatoms. The van der Waals surface area contributed by atoms with Crippen LogP contribution in [0.25, 0.3) is 11.2 Å². The first-order chi connectivity index (χ1) is 11.6. The maximum Gasteiger partial charge on any atom is 0.302 e. The number of esters is 1. The number of imidazole rings is 1. The summed E-state index contributed by atoms with van der Waals surface area (Å²) in [5.41, 5.74) is 2.17. The zero-order valence-electron chi connectivity index (χ0n) is 13.0. The van der Waals surface area contributed by atoms with Gasteiger partial charge in [-0.15, -0.1) is 0 Å². The summed E-state index contributed by atoms with van der Waals surface area (Å²) in [4.78, 5) is 26.6. The molecule has 3 rings (SSSR count). The van der Waals surface area contributed by atoms with E-state index in [0.717, 1.165) is 5.56 Å². The Hall–Kier alpha value is -2.67. The molecule has 2 aromatic heterocycles. The van der Waals surface area contributed by atoms with Crippen molar-refractivity contribution in [1.29, 1.82) is 0 Å². The number of nitrogens with zero attached hydrogens (tertiary/aromatic N) is 3. The molecule has 0 amide bonds. The Morgan fingerprint density at radius 1 is 1.33 bits per heavy atom. The van der Waals surface area contributed by atoms with Crippen LogP contribution >= 0.6 is 11.6 Å². The molecule has 2 N–H and O–H groups in total. The van der Waals surface area contributed by atoms with Gasteiger partial charge in [-0.1, -0.05) is 41.9 Å². The molecule has 1 atom stereocenters. The van der Waals surface area contributed by atoms with Gasteiger partial charge < -0.3 is 15.0 Å². The average Bonchev–Trinajstić information content (AvgIpc) is 3.02. The highest BCUT2D eigenvalue weighted by molar-refractivity contribution is 6.33. The zero-order chi connectivity index (χ0) is 16.9. The Morgan fingerprint density at radius 2 is 2.12 bits per heavy atom. The molecule has 1 aromatic carbocycles. The summed E-state index contributed by atoms with van der Waals surface area (Å²) in [5.74, 6) is 0.00393. The van der Waals surface area contributed by atoms with Gasteiger partial charge in [0.1, 0.15) is 12.1 Å². The van der Waals surface area contributed by atoms with E-state index in [2.05, 4.69) is 25.3 Å². The van der Waals surface area contributed by atoms with E-state index in [9.17, 15) is 4.79 Å². The van der Waals surface area contributed by atoms with Gasteiger partial charge in [0.05, 0.1) is 12.4 Å². The molecule has 3 aromatic rings. The maximum atomic E-state index is 11.1. The van der Waals surface area contributed by atoms with Gasteiger partial charge in [0.25, 0.3) is 0 Å². The second-order valence-electron chi connectivity index (χ2n) is 5.27. The Kier molecular flexibility index (Phi) is 4.90. The van der Waals surface area contributed by atoms with Crippen LogP contribution in [0.5, 0.6) is 0 Å². The predicted molar refractivity (Wildman–Crippen MR) is 90.9 cm³/mol. The van der Waals surface area contributed by atoms with Crippen molar-refractivity contribution in [2.75, 3.05) is 11.9 Å². The number of carbonyl (C=O) groups excluding carboxylic acids is 1. The number of hydrogen-bond acceptors (Lipinski definition) is 6. The lowest BCUT2D eigenvalue weighted by Gasteiger charge is -2.18. The second kappa shape index (κ2) is 7.27. The Morgan fingerprint density at radius 3 is 2.88 bits per heavy atom. The summed E-state index contributed by atoms with van der Waals surface area (Å²) in [7, 11) is 0. The lowest BCUT2D eigenvalue weighted by Crippen LogP contribution is -2.30. The molecule has 0 aliphatic heterocycles. The van der Waals surface area contributed by atoms with Gasteiger partial charge in [-0.3, -0.25) is 4.79 Å².